The number of Topliss-reactive ketones (excluding diaryl/α,β-unsaturated/α-hetero) is 1. The normalized spacial score (nSPS) is 17.5. The van der Waals surface area contributed by atoms with Crippen LogP contribution in [0.3, 0.4) is 0 Å². The minimum atomic E-state index is -0.830. The summed E-state index contributed by atoms with van der Waals surface area (Å²) in [6, 6.07) is 18.3. The minimum Gasteiger partial charge on any atom is -0.507 e. The van der Waals surface area contributed by atoms with Crippen molar-refractivity contribution < 1.29 is 19.4 Å². The van der Waals surface area contributed by atoms with Gasteiger partial charge in [0.05, 0.1) is 18.2 Å². The lowest BCUT2D eigenvalue weighted by atomic mass is 9.94. The maximum atomic E-state index is 13.2. The second-order valence-corrected chi connectivity index (χ2v) is 8.91. The van der Waals surface area contributed by atoms with E-state index in [1.54, 1.807) is 66.7 Å². The van der Waals surface area contributed by atoms with Crippen molar-refractivity contribution in [2.24, 2.45) is 0 Å². The zero-order chi connectivity index (χ0) is 23.7. The average molecular weight is 527 g/mol. The number of amides is 1. The van der Waals surface area contributed by atoms with Crippen LogP contribution in [0.4, 0.5) is 5.69 Å². The van der Waals surface area contributed by atoms with Crippen LogP contribution in [0.1, 0.15) is 29.7 Å². The number of hydrogen-bond acceptors (Lipinski definition) is 4. The number of rotatable bonds is 5. The topological polar surface area (TPSA) is 66.8 Å². The quantitative estimate of drug-likeness (QED) is 0.236. The summed E-state index contributed by atoms with van der Waals surface area (Å²) in [6.07, 6.45) is 0. The van der Waals surface area contributed by atoms with Gasteiger partial charge in [-0.05, 0) is 61.4 Å². The molecule has 7 heteroatoms. The molecular weight excluding hydrogens is 506 g/mol. The highest BCUT2D eigenvalue weighted by atomic mass is 79.9. The number of hydrogen-bond donors (Lipinski definition) is 1. The Bertz CT molecular complexity index is 1270. The van der Waals surface area contributed by atoms with Gasteiger partial charge in [0, 0.05) is 26.8 Å². The molecule has 1 atom stereocenters. The van der Waals surface area contributed by atoms with Crippen molar-refractivity contribution in [2.45, 2.75) is 19.9 Å². The van der Waals surface area contributed by atoms with Crippen LogP contribution in [0.25, 0.3) is 5.76 Å². The first-order chi connectivity index (χ1) is 15.8. The number of carbonyl (C=O) groups is 2. The zero-order valence-electron chi connectivity index (χ0n) is 18.0. The number of aliphatic hydroxyl groups excluding tert-OH is 1. The Morgan fingerprint density at radius 2 is 1.82 bits per heavy atom. The highest BCUT2D eigenvalue weighted by Crippen LogP contribution is 2.43. The maximum Gasteiger partial charge on any atom is 0.300 e. The zero-order valence-corrected chi connectivity index (χ0v) is 20.4. The molecule has 3 aromatic carbocycles. The Kier molecular flexibility index (Phi) is 6.58. The molecule has 0 aromatic heterocycles. The molecule has 1 N–H and O–H groups in total. The Balaban J connectivity index is 1.93. The molecule has 168 valence electrons. The van der Waals surface area contributed by atoms with E-state index in [0.29, 0.717) is 34.2 Å². The number of nitrogens with zero attached hydrogens (tertiary/aromatic N) is 1. The van der Waals surface area contributed by atoms with Crippen molar-refractivity contribution in [1.82, 2.24) is 0 Å². The van der Waals surface area contributed by atoms with E-state index in [1.165, 1.54) is 4.90 Å². The van der Waals surface area contributed by atoms with E-state index >= 15 is 0 Å². The molecule has 0 radical (unpaired) electrons. The van der Waals surface area contributed by atoms with Gasteiger partial charge in [0.1, 0.15) is 11.5 Å². The molecular formula is C26H21BrClNO4. The van der Waals surface area contributed by atoms with Gasteiger partial charge < -0.3 is 9.84 Å². The number of anilines is 1. The molecule has 4 rings (SSSR count). The largest absolute Gasteiger partial charge is 0.507 e. The van der Waals surface area contributed by atoms with Crippen LogP contribution < -0.4 is 9.64 Å². The van der Waals surface area contributed by atoms with E-state index in [0.717, 1.165) is 10.0 Å². The monoisotopic (exact) mass is 525 g/mol. The molecule has 0 saturated carbocycles. The number of aryl methyl sites for hydroxylation is 1. The van der Waals surface area contributed by atoms with Crippen LogP contribution in [0.15, 0.2) is 76.8 Å². The van der Waals surface area contributed by atoms with Crippen LogP contribution in [0.2, 0.25) is 5.02 Å². The number of benzene rings is 3. The molecule has 5 nitrogen and oxygen atoms in total. The molecule has 1 fully saturated rings. The van der Waals surface area contributed by atoms with Gasteiger partial charge in [-0.25, -0.2) is 0 Å². The van der Waals surface area contributed by atoms with Gasteiger partial charge in [-0.15, -0.1) is 0 Å². The summed E-state index contributed by atoms with van der Waals surface area (Å²) in [5, 5.41) is 11.8. The van der Waals surface area contributed by atoms with Gasteiger partial charge in [0.15, 0.2) is 0 Å². The second-order valence-electron chi connectivity index (χ2n) is 7.61. The number of ketones is 1. The lowest BCUT2D eigenvalue weighted by Gasteiger charge is -2.26. The summed E-state index contributed by atoms with van der Waals surface area (Å²) in [7, 11) is 0. The third kappa shape index (κ3) is 4.41. The summed E-state index contributed by atoms with van der Waals surface area (Å²) in [6.45, 7) is 4.22. The van der Waals surface area contributed by atoms with Gasteiger partial charge in [-0.3, -0.25) is 14.5 Å². The molecule has 0 spiro atoms. The number of carbonyl (C=O) groups excluding carboxylic acids is 2. The first kappa shape index (κ1) is 23.1. The van der Waals surface area contributed by atoms with E-state index in [1.807, 2.05) is 13.8 Å². The van der Waals surface area contributed by atoms with E-state index in [4.69, 9.17) is 16.3 Å². The highest BCUT2D eigenvalue weighted by Gasteiger charge is 2.47. The van der Waals surface area contributed by atoms with Gasteiger partial charge in [-0.1, -0.05) is 51.8 Å². The molecule has 1 unspecified atom stereocenters. The molecule has 1 aliphatic rings. The van der Waals surface area contributed by atoms with E-state index in [9.17, 15) is 14.7 Å². The predicted octanol–water partition coefficient (Wildman–Crippen LogP) is 6.44. The first-order valence-electron chi connectivity index (χ1n) is 10.4. The average Bonchev–Trinajstić information content (AvgIpc) is 3.06. The van der Waals surface area contributed by atoms with Gasteiger partial charge in [0.25, 0.3) is 11.7 Å². The van der Waals surface area contributed by atoms with Crippen LogP contribution in [-0.2, 0) is 9.59 Å². The SMILES string of the molecule is CCOc1cccc(N2C(=O)C(=O)/C(=C(/O)c3ccc(Br)c(C)c3)C2c2ccc(Cl)cc2)c1. The van der Waals surface area contributed by atoms with Crippen molar-refractivity contribution in [2.75, 3.05) is 11.5 Å². The number of aliphatic hydroxyl groups is 1. The molecule has 33 heavy (non-hydrogen) atoms. The lowest BCUT2D eigenvalue weighted by molar-refractivity contribution is -0.132. The van der Waals surface area contributed by atoms with Crippen molar-refractivity contribution in [3.05, 3.63) is 98.5 Å². The second kappa shape index (κ2) is 9.41. The molecule has 3 aromatic rings. The third-order valence-corrected chi connectivity index (χ3v) is 6.61. The molecule has 1 amide bonds. The van der Waals surface area contributed by atoms with E-state index < -0.39 is 17.7 Å². The lowest BCUT2D eigenvalue weighted by Crippen LogP contribution is -2.29. The van der Waals surface area contributed by atoms with Crippen LogP contribution >= 0.6 is 27.5 Å². The van der Waals surface area contributed by atoms with Crippen molar-refractivity contribution >= 4 is 50.7 Å². The standard InChI is InChI=1S/C26H21BrClNO4/c1-3-33-20-6-4-5-19(14-20)29-23(16-7-10-18(28)11-8-16)22(25(31)26(29)32)24(30)17-9-12-21(27)15(2)13-17/h4-14,23,30H,3H2,1-2H3/b24-22+. The third-order valence-electron chi connectivity index (χ3n) is 5.47. The summed E-state index contributed by atoms with van der Waals surface area (Å²) < 4.78 is 6.46. The van der Waals surface area contributed by atoms with Crippen LogP contribution in [0, 0.1) is 6.92 Å². The highest BCUT2D eigenvalue weighted by molar-refractivity contribution is 9.10. The van der Waals surface area contributed by atoms with Crippen molar-refractivity contribution in [1.29, 1.82) is 0 Å². The fourth-order valence-corrected chi connectivity index (χ4v) is 4.27. The molecule has 1 saturated heterocycles. The maximum absolute atomic E-state index is 13.2. The fourth-order valence-electron chi connectivity index (χ4n) is 3.90. The Labute approximate surface area is 205 Å². The Morgan fingerprint density at radius 1 is 1.09 bits per heavy atom. The Hall–Kier alpha value is -3.09. The van der Waals surface area contributed by atoms with Crippen molar-refractivity contribution in [3.63, 3.8) is 0 Å². The molecule has 1 aliphatic heterocycles. The van der Waals surface area contributed by atoms with Gasteiger partial charge >= 0.3 is 0 Å². The van der Waals surface area contributed by atoms with Gasteiger partial charge in [0.2, 0.25) is 0 Å². The molecule has 1 heterocycles. The number of halogens is 2. The molecule has 0 bridgehead atoms. The summed E-state index contributed by atoms with van der Waals surface area (Å²) in [4.78, 5) is 27.9. The predicted molar refractivity (Wildman–Crippen MR) is 133 cm³/mol. The van der Waals surface area contributed by atoms with Crippen molar-refractivity contribution in [3.8, 4) is 5.75 Å². The number of ether oxygens (including phenoxy) is 1. The molecule has 0 aliphatic carbocycles. The first-order valence-corrected chi connectivity index (χ1v) is 11.5. The summed E-state index contributed by atoms with van der Waals surface area (Å²) >= 11 is 9.53. The van der Waals surface area contributed by atoms with Gasteiger partial charge in [-0.2, -0.15) is 0 Å². The summed E-state index contributed by atoms with van der Waals surface area (Å²) in [5.74, 6) is -1.13. The fraction of sp³-hybridized carbons (Fsp3) is 0.154. The minimum absolute atomic E-state index is 0.0193. The smallest absolute Gasteiger partial charge is 0.300 e. The Morgan fingerprint density at radius 3 is 2.48 bits per heavy atom. The summed E-state index contributed by atoms with van der Waals surface area (Å²) in [5.41, 5.74) is 2.51. The van der Waals surface area contributed by atoms with Crippen LogP contribution in [-0.4, -0.2) is 23.4 Å². The van der Waals surface area contributed by atoms with E-state index in [-0.39, 0.29) is 11.3 Å². The van der Waals surface area contributed by atoms with Crippen LogP contribution in [0.5, 0.6) is 5.75 Å². The van der Waals surface area contributed by atoms with E-state index in [2.05, 4.69) is 15.9 Å².